The largest absolute Gasteiger partial charge is 0.416 e. The maximum absolute atomic E-state index is 12.4. The van der Waals surface area contributed by atoms with E-state index in [0.717, 1.165) is 30.5 Å². The molecule has 92 valence electrons. The Balaban J connectivity index is 2.15. The summed E-state index contributed by atoms with van der Waals surface area (Å²) < 4.78 is 37.1. The van der Waals surface area contributed by atoms with Crippen LogP contribution in [0, 0.1) is 0 Å². The van der Waals surface area contributed by atoms with Crippen LogP contribution in [0.15, 0.2) is 24.3 Å². The molecule has 0 aliphatic heterocycles. The average molecular weight is 242 g/mol. The molecule has 1 aliphatic rings. The zero-order chi connectivity index (χ0) is 12.5. The van der Waals surface area contributed by atoms with E-state index < -0.39 is 11.7 Å². The fourth-order valence-corrected chi connectivity index (χ4v) is 2.25. The van der Waals surface area contributed by atoms with Crippen LogP contribution in [0.5, 0.6) is 0 Å². The van der Waals surface area contributed by atoms with Gasteiger partial charge < -0.3 is 0 Å². The van der Waals surface area contributed by atoms with Crippen molar-refractivity contribution in [2.75, 3.05) is 0 Å². The number of alkyl halides is 3. The maximum Gasteiger partial charge on any atom is 0.416 e. The highest BCUT2D eigenvalue weighted by molar-refractivity contribution is 5.80. The molecule has 1 nitrogen and oxygen atoms in total. The van der Waals surface area contributed by atoms with Gasteiger partial charge in [-0.05, 0) is 36.5 Å². The van der Waals surface area contributed by atoms with E-state index in [1.54, 1.807) is 0 Å². The Kier molecular flexibility index (Phi) is 3.22. The van der Waals surface area contributed by atoms with Crippen molar-refractivity contribution in [3.05, 3.63) is 35.4 Å². The highest BCUT2D eigenvalue weighted by Gasteiger charge is 2.30. The Morgan fingerprint density at radius 3 is 2.29 bits per heavy atom. The van der Waals surface area contributed by atoms with Crippen molar-refractivity contribution in [1.29, 1.82) is 0 Å². The van der Waals surface area contributed by atoms with E-state index in [2.05, 4.69) is 0 Å². The Bertz CT molecular complexity index is 406. The Morgan fingerprint density at radius 2 is 1.76 bits per heavy atom. The van der Waals surface area contributed by atoms with Crippen molar-refractivity contribution in [2.24, 2.45) is 0 Å². The Labute approximate surface area is 97.6 Å². The first kappa shape index (κ1) is 12.1. The van der Waals surface area contributed by atoms with Crippen molar-refractivity contribution in [2.45, 2.75) is 37.8 Å². The maximum atomic E-state index is 12.4. The van der Waals surface area contributed by atoms with E-state index in [1.165, 1.54) is 12.1 Å². The summed E-state index contributed by atoms with van der Waals surface area (Å²) in [6, 6.07) is 5.17. The molecular weight excluding hydrogens is 229 g/mol. The molecule has 0 heterocycles. The van der Waals surface area contributed by atoms with Crippen LogP contribution in [-0.4, -0.2) is 5.78 Å². The SMILES string of the molecule is O=C1CCC[C@@H](c2ccc(C(F)(F)F)cc2)C1. The molecule has 0 amide bonds. The molecule has 0 saturated heterocycles. The molecule has 0 unspecified atom stereocenters. The van der Waals surface area contributed by atoms with Gasteiger partial charge in [-0.3, -0.25) is 4.79 Å². The number of Topliss-reactive ketones (excluding diaryl/α,β-unsaturated/α-hetero) is 1. The van der Waals surface area contributed by atoms with E-state index in [0.29, 0.717) is 12.8 Å². The third kappa shape index (κ3) is 2.87. The van der Waals surface area contributed by atoms with Crippen molar-refractivity contribution < 1.29 is 18.0 Å². The first-order chi connectivity index (χ1) is 7.97. The van der Waals surface area contributed by atoms with Gasteiger partial charge in [-0.1, -0.05) is 12.1 Å². The molecule has 1 aromatic rings. The van der Waals surface area contributed by atoms with Crippen LogP contribution in [0.25, 0.3) is 0 Å². The van der Waals surface area contributed by atoms with Crippen molar-refractivity contribution in [3.63, 3.8) is 0 Å². The van der Waals surface area contributed by atoms with Crippen LogP contribution in [-0.2, 0) is 11.0 Å². The number of benzene rings is 1. The van der Waals surface area contributed by atoms with Gasteiger partial charge in [-0.25, -0.2) is 0 Å². The first-order valence-electron chi connectivity index (χ1n) is 5.65. The minimum Gasteiger partial charge on any atom is -0.300 e. The molecule has 0 aromatic heterocycles. The number of hydrogen-bond acceptors (Lipinski definition) is 1. The summed E-state index contributed by atoms with van der Waals surface area (Å²) in [5.41, 5.74) is 0.203. The lowest BCUT2D eigenvalue weighted by atomic mass is 9.83. The smallest absolute Gasteiger partial charge is 0.300 e. The molecule has 1 aromatic carbocycles. The zero-order valence-electron chi connectivity index (χ0n) is 9.26. The summed E-state index contributed by atoms with van der Waals surface area (Å²) in [6.45, 7) is 0. The number of carbonyl (C=O) groups excluding carboxylic acids is 1. The van der Waals surface area contributed by atoms with Crippen LogP contribution in [0.2, 0.25) is 0 Å². The standard InChI is InChI=1S/C13H13F3O/c14-13(15,16)11-6-4-9(5-7-11)10-2-1-3-12(17)8-10/h4-7,10H,1-3,8H2/t10-/m1/s1. The third-order valence-electron chi connectivity index (χ3n) is 3.19. The Hall–Kier alpha value is -1.32. The molecule has 4 heteroatoms. The van der Waals surface area contributed by atoms with Crippen LogP contribution in [0.4, 0.5) is 13.2 Å². The predicted molar refractivity (Wildman–Crippen MR) is 57.7 cm³/mol. The van der Waals surface area contributed by atoms with E-state index in [-0.39, 0.29) is 11.7 Å². The molecule has 1 atom stereocenters. The monoisotopic (exact) mass is 242 g/mol. The summed E-state index contributed by atoms with van der Waals surface area (Å²) in [4.78, 5) is 11.3. The van der Waals surface area contributed by atoms with Crippen LogP contribution in [0.1, 0.15) is 42.7 Å². The zero-order valence-corrected chi connectivity index (χ0v) is 9.26. The van der Waals surface area contributed by atoms with Gasteiger partial charge in [0.05, 0.1) is 5.56 Å². The van der Waals surface area contributed by atoms with Gasteiger partial charge in [0, 0.05) is 12.8 Å². The van der Waals surface area contributed by atoms with E-state index in [9.17, 15) is 18.0 Å². The number of hydrogen-bond donors (Lipinski definition) is 0. The quantitative estimate of drug-likeness (QED) is 0.729. The lowest BCUT2D eigenvalue weighted by Gasteiger charge is -2.21. The lowest BCUT2D eigenvalue weighted by molar-refractivity contribution is -0.137. The molecule has 1 fully saturated rings. The van der Waals surface area contributed by atoms with E-state index in [1.807, 2.05) is 0 Å². The first-order valence-corrected chi connectivity index (χ1v) is 5.65. The number of carbonyl (C=O) groups is 1. The molecule has 1 aliphatic carbocycles. The van der Waals surface area contributed by atoms with Gasteiger partial charge in [0.25, 0.3) is 0 Å². The number of rotatable bonds is 1. The van der Waals surface area contributed by atoms with E-state index >= 15 is 0 Å². The van der Waals surface area contributed by atoms with Gasteiger partial charge in [0.2, 0.25) is 0 Å². The second-order valence-electron chi connectivity index (χ2n) is 4.45. The van der Waals surface area contributed by atoms with Crippen molar-refractivity contribution in [3.8, 4) is 0 Å². The molecule has 0 bridgehead atoms. The summed E-state index contributed by atoms with van der Waals surface area (Å²) in [6.07, 6.45) is -1.49. The second-order valence-corrected chi connectivity index (χ2v) is 4.45. The van der Waals surface area contributed by atoms with Gasteiger partial charge in [-0.2, -0.15) is 13.2 Å². The molecular formula is C13H13F3O. The summed E-state index contributed by atoms with van der Waals surface area (Å²) >= 11 is 0. The normalized spacial score (nSPS) is 21.6. The van der Waals surface area contributed by atoms with Gasteiger partial charge in [0.1, 0.15) is 5.78 Å². The van der Waals surface area contributed by atoms with Gasteiger partial charge in [-0.15, -0.1) is 0 Å². The molecule has 0 radical (unpaired) electrons. The average Bonchev–Trinajstić information content (AvgIpc) is 2.28. The summed E-state index contributed by atoms with van der Waals surface area (Å²) in [5, 5.41) is 0. The van der Waals surface area contributed by atoms with Crippen LogP contribution >= 0.6 is 0 Å². The molecule has 2 rings (SSSR count). The fourth-order valence-electron chi connectivity index (χ4n) is 2.25. The third-order valence-corrected chi connectivity index (χ3v) is 3.19. The van der Waals surface area contributed by atoms with Crippen molar-refractivity contribution >= 4 is 5.78 Å². The van der Waals surface area contributed by atoms with Crippen LogP contribution in [0.3, 0.4) is 0 Å². The van der Waals surface area contributed by atoms with Crippen LogP contribution < -0.4 is 0 Å². The van der Waals surface area contributed by atoms with Crippen molar-refractivity contribution in [1.82, 2.24) is 0 Å². The summed E-state index contributed by atoms with van der Waals surface area (Å²) in [7, 11) is 0. The molecule has 17 heavy (non-hydrogen) atoms. The highest BCUT2D eigenvalue weighted by atomic mass is 19.4. The predicted octanol–water partition coefficient (Wildman–Crippen LogP) is 3.93. The molecule has 0 N–H and O–H groups in total. The van der Waals surface area contributed by atoms with Gasteiger partial charge in [0.15, 0.2) is 0 Å². The molecule has 0 spiro atoms. The molecule has 1 saturated carbocycles. The minimum atomic E-state index is -4.29. The topological polar surface area (TPSA) is 17.1 Å². The van der Waals surface area contributed by atoms with E-state index in [4.69, 9.17) is 0 Å². The summed E-state index contributed by atoms with van der Waals surface area (Å²) in [5.74, 6) is 0.305. The lowest BCUT2D eigenvalue weighted by Crippen LogP contribution is -2.13. The number of halogens is 3. The Morgan fingerprint density at radius 1 is 1.12 bits per heavy atom. The fraction of sp³-hybridized carbons (Fsp3) is 0.462. The van der Waals surface area contributed by atoms with Gasteiger partial charge >= 0.3 is 6.18 Å². The minimum absolute atomic E-state index is 0.0959. The second kappa shape index (κ2) is 4.51. The number of ketones is 1. The highest BCUT2D eigenvalue weighted by Crippen LogP contribution is 2.34.